The summed E-state index contributed by atoms with van der Waals surface area (Å²) >= 11 is 0. The first-order valence-electron chi connectivity index (χ1n) is 14.0. The highest BCUT2D eigenvalue weighted by atomic mass is 19.1. The number of nitrogens with zero attached hydrogens (tertiary/aromatic N) is 3. The van der Waals surface area contributed by atoms with Crippen LogP contribution in [-0.4, -0.2) is 41.5 Å². The number of hydrogen-bond donors (Lipinski definition) is 2. The van der Waals surface area contributed by atoms with Gasteiger partial charge in [0.15, 0.2) is 11.5 Å². The minimum atomic E-state index is -0.421. The summed E-state index contributed by atoms with van der Waals surface area (Å²) in [6.07, 6.45) is 18.1. The van der Waals surface area contributed by atoms with Gasteiger partial charge >= 0.3 is 0 Å². The first-order valence-corrected chi connectivity index (χ1v) is 14.0. The lowest BCUT2D eigenvalue weighted by molar-refractivity contribution is -0.0980. The molecule has 0 saturated heterocycles. The molecule has 2 heterocycles. The third-order valence-electron chi connectivity index (χ3n) is 6.84. The van der Waals surface area contributed by atoms with E-state index < -0.39 is 5.82 Å². The van der Waals surface area contributed by atoms with Crippen LogP contribution in [0, 0.1) is 24.6 Å². The highest BCUT2D eigenvalue weighted by molar-refractivity contribution is 5.69. The van der Waals surface area contributed by atoms with Gasteiger partial charge in [0.05, 0.1) is 11.9 Å². The van der Waals surface area contributed by atoms with Gasteiger partial charge in [-0.2, -0.15) is 9.61 Å². The number of hydrogen-bond acceptors (Lipinski definition) is 5. The zero-order chi connectivity index (χ0) is 30.2. The maximum atomic E-state index is 14.2. The number of carbonyl (C=O) groups excluding carboxylic acids is 1. The topological polar surface area (TPSA) is 71.3 Å². The number of carbonyl (C=O) groups is 1. The van der Waals surface area contributed by atoms with Gasteiger partial charge in [0.2, 0.25) is 0 Å². The zero-order valence-electron chi connectivity index (χ0n) is 24.9. The molecular weight excluding hydrogens is 513 g/mol. The van der Waals surface area contributed by atoms with E-state index >= 15 is 0 Å². The van der Waals surface area contributed by atoms with Gasteiger partial charge in [0.25, 0.3) is 0 Å². The molecule has 218 valence electrons. The molecule has 0 saturated carbocycles. The van der Waals surface area contributed by atoms with E-state index in [9.17, 15) is 4.39 Å². The monoisotopic (exact) mass is 557 g/mol. The average Bonchev–Trinajstić information content (AvgIpc) is 3.40. The smallest absolute Gasteiger partial charge is 0.194 e. The average molecular weight is 558 g/mol. The van der Waals surface area contributed by atoms with Gasteiger partial charge in [-0.1, -0.05) is 80.1 Å². The van der Waals surface area contributed by atoms with Crippen LogP contribution in [0.1, 0.15) is 38.7 Å². The Labute approximate surface area is 244 Å². The molecular formula is C34H44FN5O. The Morgan fingerprint density at radius 3 is 2.39 bits per heavy atom. The second-order valence-electron chi connectivity index (χ2n) is 9.82. The Morgan fingerprint density at radius 1 is 1.07 bits per heavy atom. The molecule has 2 aliphatic rings. The fourth-order valence-corrected chi connectivity index (χ4v) is 4.53. The van der Waals surface area contributed by atoms with E-state index in [1.54, 1.807) is 0 Å². The van der Waals surface area contributed by atoms with E-state index in [4.69, 9.17) is 4.79 Å². The second kappa shape index (κ2) is 17.6. The molecule has 2 aliphatic carbocycles. The summed E-state index contributed by atoms with van der Waals surface area (Å²) in [6, 6.07) is 9.93. The zero-order valence-corrected chi connectivity index (χ0v) is 24.9. The van der Waals surface area contributed by atoms with Crippen molar-refractivity contribution in [1.82, 2.24) is 19.9 Å². The normalized spacial score (nSPS) is 17.1. The number of fused-ring (bicyclic) bond motifs is 1. The van der Waals surface area contributed by atoms with Crippen molar-refractivity contribution < 1.29 is 9.18 Å². The molecule has 2 N–H and O–H groups in total. The fraction of sp³-hybridized carbons (Fsp3) is 0.324. The molecule has 0 amide bonds. The SMILES string of the molecule is C=C.C=O.CCC1=CCC(C)C=C1.CNCC1=CCC(CNc2cc(-c3ccccc3C)nc3c(F)cnn23)C=C1. The second-order valence-corrected chi connectivity index (χ2v) is 9.82. The molecule has 0 fully saturated rings. The van der Waals surface area contributed by atoms with Crippen molar-refractivity contribution >= 4 is 18.3 Å². The summed E-state index contributed by atoms with van der Waals surface area (Å²) in [5.74, 6) is 1.47. The third kappa shape index (κ3) is 9.50. The summed E-state index contributed by atoms with van der Waals surface area (Å²) in [7, 11) is 1.95. The molecule has 0 radical (unpaired) electrons. The number of benzene rings is 1. The number of nitrogens with one attached hydrogen (secondary N) is 2. The van der Waals surface area contributed by atoms with Crippen LogP contribution < -0.4 is 10.6 Å². The summed E-state index contributed by atoms with van der Waals surface area (Å²) in [5.41, 5.74) is 5.86. The van der Waals surface area contributed by atoms with Crippen molar-refractivity contribution in [3.63, 3.8) is 0 Å². The van der Waals surface area contributed by atoms with E-state index in [-0.39, 0.29) is 5.65 Å². The number of anilines is 1. The first kappa shape index (κ1) is 33.1. The van der Waals surface area contributed by atoms with Crippen LogP contribution in [0.15, 0.2) is 97.3 Å². The van der Waals surface area contributed by atoms with E-state index in [0.717, 1.165) is 48.1 Å². The van der Waals surface area contributed by atoms with Gasteiger partial charge in [-0.25, -0.2) is 9.37 Å². The lowest BCUT2D eigenvalue weighted by Gasteiger charge is -2.18. The largest absolute Gasteiger partial charge is 0.369 e. The van der Waals surface area contributed by atoms with Crippen LogP contribution in [0.2, 0.25) is 0 Å². The maximum absolute atomic E-state index is 14.2. The molecule has 2 atom stereocenters. The van der Waals surface area contributed by atoms with Crippen LogP contribution in [0.5, 0.6) is 0 Å². The number of likely N-dealkylation sites (N-methyl/N-ethyl adjacent to an activating group) is 1. The van der Waals surface area contributed by atoms with E-state index in [1.165, 1.54) is 34.7 Å². The summed E-state index contributed by atoms with van der Waals surface area (Å²) in [4.78, 5) is 12.5. The van der Waals surface area contributed by atoms with Crippen LogP contribution in [0.3, 0.4) is 0 Å². The minimum absolute atomic E-state index is 0.235. The lowest BCUT2D eigenvalue weighted by atomic mass is 9.96. The number of aryl methyl sites for hydroxylation is 1. The molecule has 0 aliphatic heterocycles. The van der Waals surface area contributed by atoms with Gasteiger partial charge < -0.3 is 15.4 Å². The summed E-state index contributed by atoms with van der Waals surface area (Å²) in [5, 5.41) is 10.8. The number of aromatic nitrogens is 3. The highest BCUT2D eigenvalue weighted by Crippen LogP contribution is 2.26. The highest BCUT2D eigenvalue weighted by Gasteiger charge is 2.15. The molecule has 7 heteroatoms. The van der Waals surface area contributed by atoms with Crippen LogP contribution in [-0.2, 0) is 4.79 Å². The number of rotatable bonds is 7. The molecule has 3 aromatic rings. The van der Waals surface area contributed by atoms with Crippen molar-refractivity contribution in [1.29, 1.82) is 0 Å². The van der Waals surface area contributed by atoms with E-state index in [1.807, 2.05) is 51.1 Å². The number of allylic oxidation sites excluding steroid dienone is 5. The first-order chi connectivity index (χ1) is 20.0. The van der Waals surface area contributed by atoms with Gasteiger partial charge in [0, 0.05) is 24.7 Å². The maximum Gasteiger partial charge on any atom is 0.194 e. The van der Waals surface area contributed by atoms with Crippen LogP contribution >= 0.6 is 0 Å². The molecule has 41 heavy (non-hydrogen) atoms. The molecule has 5 rings (SSSR count). The molecule has 6 nitrogen and oxygen atoms in total. The van der Waals surface area contributed by atoms with Crippen molar-refractivity contribution in [2.24, 2.45) is 11.8 Å². The minimum Gasteiger partial charge on any atom is -0.369 e. The predicted octanol–water partition coefficient (Wildman–Crippen LogP) is 7.51. The van der Waals surface area contributed by atoms with E-state index in [0.29, 0.717) is 5.92 Å². The summed E-state index contributed by atoms with van der Waals surface area (Å²) < 4.78 is 15.8. The lowest BCUT2D eigenvalue weighted by Crippen LogP contribution is -2.18. The van der Waals surface area contributed by atoms with Crippen LogP contribution in [0.4, 0.5) is 10.2 Å². The number of halogens is 1. The van der Waals surface area contributed by atoms with Crippen molar-refractivity contribution in [3.05, 3.63) is 109 Å². The predicted molar refractivity (Wildman–Crippen MR) is 171 cm³/mol. The van der Waals surface area contributed by atoms with Crippen molar-refractivity contribution in [3.8, 4) is 11.3 Å². The molecule has 2 unspecified atom stereocenters. The summed E-state index contributed by atoms with van der Waals surface area (Å²) in [6.45, 7) is 16.1. The molecule has 1 aromatic carbocycles. The Balaban J connectivity index is 0.000000380. The Bertz CT molecular complexity index is 1370. The van der Waals surface area contributed by atoms with Crippen LogP contribution in [0.25, 0.3) is 16.9 Å². The van der Waals surface area contributed by atoms with Crippen molar-refractivity contribution in [2.45, 2.75) is 40.0 Å². The molecule has 0 bridgehead atoms. The quantitative estimate of drug-likeness (QED) is 0.294. The Hall–Kier alpha value is -4.10. The van der Waals surface area contributed by atoms with Gasteiger partial charge in [-0.05, 0) is 56.2 Å². The van der Waals surface area contributed by atoms with Crippen molar-refractivity contribution in [2.75, 3.05) is 25.5 Å². The molecule has 2 aromatic heterocycles. The standard InChI is InChI=1S/C22H24FN5.C9H14.C2H4.CH2O/c1-15-5-3-4-6-18(15)20-11-21(28-22(27-20)19(23)14-26-28)25-13-17-9-7-16(8-10-17)12-24-2;1-3-9-6-4-8(2)5-7-9;2*1-2/h3-9,11,14,17,24-25H,10,12-13H2,1-2H3;4,6-8H,3,5H2,1-2H3;1-2H2;1H2. The van der Waals surface area contributed by atoms with Gasteiger partial charge in [-0.15, -0.1) is 13.2 Å². The third-order valence-corrected chi connectivity index (χ3v) is 6.84. The van der Waals surface area contributed by atoms with Gasteiger partial charge in [-0.3, -0.25) is 0 Å². The fourth-order valence-electron chi connectivity index (χ4n) is 4.53. The van der Waals surface area contributed by atoms with E-state index in [2.05, 4.69) is 84.2 Å². The Morgan fingerprint density at radius 2 is 1.78 bits per heavy atom. The van der Waals surface area contributed by atoms with Gasteiger partial charge in [0.1, 0.15) is 12.6 Å². The Kier molecular flexibility index (Phi) is 14.2. The molecule has 0 spiro atoms.